The SMILES string of the molecule is Fc1cccc(C2CCc3cn(-c4cccnc4)nc32)c1. The summed E-state index contributed by atoms with van der Waals surface area (Å²) < 4.78 is 15.3. The normalized spacial score (nSPS) is 16.9. The summed E-state index contributed by atoms with van der Waals surface area (Å²) >= 11 is 0. The molecule has 1 unspecified atom stereocenters. The van der Waals surface area contributed by atoms with E-state index < -0.39 is 0 Å². The molecule has 3 nitrogen and oxygen atoms in total. The molecule has 0 fully saturated rings. The second-order valence-electron chi connectivity index (χ2n) is 5.34. The first-order chi connectivity index (χ1) is 10.3. The molecule has 21 heavy (non-hydrogen) atoms. The number of hydrogen-bond acceptors (Lipinski definition) is 2. The lowest BCUT2D eigenvalue weighted by atomic mass is 9.97. The highest BCUT2D eigenvalue weighted by Gasteiger charge is 2.28. The fourth-order valence-electron chi connectivity index (χ4n) is 3.01. The Balaban J connectivity index is 1.74. The molecule has 4 heteroatoms. The van der Waals surface area contributed by atoms with Crippen molar-refractivity contribution in [2.24, 2.45) is 0 Å². The van der Waals surface area contributed by atoms with Gasteiger partial charge >= 0.3 is 0 Å². The molecule has 0 saturated heterocycles. The minimum Gasteiger partial charge on any atom is -0.262 e. The predicted molar refractivity (Wildman–Crippen MR) is 77.9 cm³/mol. The van der Waals surface area contributed by atoms with E-state index >= 15 is 0 Å². The van der Waals surface area contributed by atoms with Crippen LogP contribution in [0.15, 0.2) is 55.0 Å². The van der Waals surface area contributed by atoms with Crippen molar-refractivity contribution in [2.45, 2.75) is 18.8 Å². The van der Waals surface area contributed by atoms with Crippen LogP contribution in [0.1, 0.15) is 29.2 Å². The average Bonchev–Trinajstić information content (AvgIpc) is 3.08. The number of benzene rings is 1. The Morgan fingerprint density at radius 3 is 2.95 bits per heavy atom. The van der Waals surface area contributed by atoms with Crippen molar-refractivity contribution < 1.29 is 4.39 Å². The molecular formula is C17H14FN3. The first-order valence-corrected chi connectivity index (χ1v) is 7.05. The van der Waals surface area contributed by atoms with E-state index in [2.05, 4.69) is 11.2 Å². The molecule has 3 aromatic rings. The van der Waals surface area contributed by atoms with E-state index in [1.54, 1.807) is 24.5 Å². The Morgan fingerprint density at radius 1 is 1.19 bits per heavy atom. The molecule has 1 aromatic carbocycles. The third-order valence-corrected chi connectivity index (χ3v) is 4.02. The Kier molecular flexibility index (Phi) is 2.81. The van der Waals surface area contributed by atoms with E-state index in [1.807, 2.05) is 22.9 Å². The van der Waals surface area contributed by atoms with Crippen molar-refractivity contribution in [2.75, 3.05) is 0 Å². The van der Waals surface area contributed by atoms with Gasteiger partial charge in [0.15, 0.2) is 0 Å². The van der Waals surface area contributed by atoms with E-state index in [4.69, 9.17) is 5.10 Å². The largest absolute Gasteiger partial charge is 0.262 e. The Hall–Kier alpha value is -2.49. The summed E-state index contributed by atoms with van der Waals surface area (Å²) in [5.74, 6) is 0.00117. The minimum absolute atomic E-state index is 0.187. The van der Waals surface area contributed by atoms with Gasteiger partial charge in [-0.15, -0.1) is 0 Å². The number of pyridine rings is 1. The molecule has 0 bridgehead atoms. The van der Waals surface area contributed by atoms with Gasteiger partial charge in [-0.3, -0.25) is 4.98 Å². The molecule has 0 N–H and O–H groups in total. The lowest BCUT2D eigenvalue weighted by Crippen LogP contribution is -2.02. The van der Waals surface area contributed by atoms with Crippen LogP contribution in [0.3, 0.4) is 0 Å². The van der Waals surface area contributed by atoms with Gasteiger partial charge in [0.1, 0.15) is 5.82 Å². The van der Waals surface area contributed by atoms with Gasteiger partial charge in [-0.05, 0) is 48.2 Å². The first kappa shape index (κ1) is 12.3. The number of rotatable bonds is 2. The van der Waals surface area contributed by atoms with Crippen LogP contribution in [0.2, 0.25) is 0 Å². The van der Waals surface area contributed by atoms with Crippen molar-refractivity contribution in [3.63, 3.8) is 0 Å². The van der Waals surface area contributed by atoms with Crippen molar-refractivity contribution in [3.8, 4) is 5.69 Å². The lowest BCUT2D eigenvalue weighted by Gasteiger charge is -2.10. The standard InChI is InChI=1S/C17H14FN3/c18-14-4-1-3-12(9-14)16-7-6-13-11-21(20-17(13)16)15-5-2-8-19-10-15/h1-5,8-11,16H,6-7H2. The average molecular weight is 279 g/mol. The number of nitrogens with zero attached hydrogens (tertiary/aromatic N) is 3. The van der Waals surface area contributed by atoms with Crippen molar-refractivity contribution in [3.05, 3.63) is 77.6 Å². The van der Waals surface area contributed by atoms with E-state index in [0.717, 1.165) is 29.8 Å². The minimum atomic E-state index is -0.187. The maximum atomic E-state index is 13.4. The van der Waals surface area contributed by atoms with Crippen LogP contribution in [0, 0.1) is 5.82 Å². The van der Waals surface area contributed by atoms with Crippen molar-refractivity contribution in [1.29, 1.82) is 0 Å². The second-order valence-corrected chi connectivity index (χ2v) is 5.34. The van der Waals surface area contributed by atoms with Crippen LogP contribution < -0.4 is 0 Å². The molecule has 1 aliphatic rings. The topological polar surface area (TPSA) is 30.7 Å². The fourth-order valence-corrected chi connectivity index (χ4v) is 3.01. The smallest absolute Gasteiger partial charge is 0.123 e. The third kappa shape index (κ3) is 2.13. The maximum Gasteiger partial charge on any atom is 0.123 e. The lowest BCUT2D eigenvalue weighted by molar-refractivity contribution is 0.621. The fraction of sp³-hybridized carbons (Fsp3) is 0.176. The number of aromatic nitrogens is 3. The second kappa shape index (κ2) is 4.81. The van der Waals surface area contributed by atoms with E-state index in [1.165, 1.54) is 11.6 Å². The molecule has 0 saturated carbocycles. The molecule has 1 aliphatic carbocycles. The number of halogens is 1. The zero-order valence-electron chi connectivity index (χ0n) is 11.4. The molecule has 0 aliphatic heterocycles. The molecule has 2 aromatic heterocycles. The molecule has 4 rings (SSSR count). The predicted octanol–water partition coefficient (Wildman–Crippen LogP) is 3.48. The third-order valence-electron chi connectivity index (χ3n) is 4.02. The molecule has 0 amide bonds. The molecule has 2 heterocycles. The Labute approximate surface area is 122 Å². The molecular weight excluding hydrogens is 265 g/mol. The summed E-state index contributed by atoms with van der Waals surface area (Å²) in [6.07, 6.45) is 7.58. The summed E-state index contributed by atoms with van der Waals surface area (Å²) in [4.78, 5) is 4.12. The molecule has 0 spiro atoms. The number of fused-ring (bicyclic) bond motifs is 1. The Morgan fingerprint density at radius 2 is 2.14 bits per heavy atom. The van der Waals surface area contributed by atoms with Gasteiger partial charge in [-0.1, -0.05) is 12.1 Å². The van der Waals surface area contributed by atoms with Crippen LogP contribution in [0.25, 0.3) is 5.69 Å². The van der Waals surface area contributed by atoms with E-state index in [9.17, 15) is 4.39 Å². The van der Waals surface area contributed by atoms with Crippen LogP contribution >= 0.6 is 0 Å². The van der Waals surface area contributed by atoms with Crippen molar-refractivity contribution >= 4 is 0 Å². The van der Waals surface area contributed by atoms with Crippen molar-refractivity contribution in [1.82, 2.24) is 14.8 Å². The zero-order chi connectivity index (χ0) is 14.2. The maximum absolute atomic E-state index is 13.4. The van der Waals surface area contributed by atoms with Gasteiger partial charge in [0.25, 0.3) is 0 Å². The van der Waals surface area contributed by atoms with Gasteiger partial charge in [-0.2, -0.15) is 5.10 Å². The Bertz CT molecular complexity index is 780. The summed E-state index contributed by atoms with van der Waals surface area (Å²) in [6, 6.07) is 10.7. The highest BCUT2D eigenvalue weighted by atomic mass is 19.1. The monoisotopic (exact) mass is 279 g/mol. The molecule has 104 valence electrons. The molecule has 0 radical (unpaired) electrons. The number of aryl methyl sites for hydroxylation is 1. The van der Waals surface area contributed by atoms with Gasteiger partial charge in [0, 0.05) is 18.3 Å². The number of hydrogen-bond donors (Lipinski definition) is 0. The van der Waals surface area contributed by atoms with Crippen LogP contribution in [-0.4, -0.2) is 14.8 Å². The van der Waals surface area contributed by atoms with E-state index in [0.29, 0.717) is 0 Å². The summed E-state index contributed by atoms with van der Waals surface area (Å²) in [6.45, 7) is 0. The van der Waals surface area contributed by atoms with Gasteiger partial charge in [0.05, 0.1) is 17.6 Å². The highest BCUT2D eigenvalue weighted by Crippen LogP contribution is 2.37. The van der Waals surface area contributed by atoms with Gasteiger partial charge in [0.2, 0.25) is 0 Å². The van der Waals surface area contributed by atoms with E-state index in [-0.39, 0.29) is 11.7 Å². The van der Waals surface area contributed by atoms with Gasteiger partial charge in [-0.25, -0.2) is 9.07 Å². The summed E-state index contributed by atoms with van der Waals surface area (Å²) in [7, 11) is 0. The first-order valence-electron chi connectivity index (χ1n) is 7.05. The van der Waals surface area contributed by atoms with Crippen LogP contribution in [0.4, 0.5) is 4.39 Å². The zero-order valence-corrected chi connectivity index (χ0v) is 11.4. The quantitative estimate of drug-likeness (QED) is 0.719. The van der Waals surface area contributed by atoms with Crippen LogP contribution in [-0.2, 0) is 6.42 Å². The summed E-state index contributed by atoms with van der Waals surface area (Å²) in [5, 5.41) is 4.70. The highest BCUT2D eigenvalue weighted by molar-refractivity contribution is 5.39. The van der Waals surface area contributed by atoms with Gasteiger partial charge < -0.3 is 0 Å². The van der Waals surface area contributed by atoms with Crippen LogP contribution in [0.5, 0.6) is 0 Å². The molecule has 1 atom stereocenters. The summed E-state index contributed by atoms with van der Waals surface area (Å²) in [5.41, 5.74) is 4.26.